The van der Waals surface area contributed by atoms with Gasteiger partial charge in [-0.25, -0.2) is 8.78 Å². The summed E-state index contributed by atoms with van der Waals surface area (Å²) in [5, 5.41) is 8.71. The Kier molecular flexibility index (Phi) is 5.32. The summed E-state index contributed by atoms with van der Waals surface area (Å²) in [5.41, 5.74) is 1.37. The molecule has 28 heavy (non-hydrogen) atoms. The quantitative estimate of drug-likeness (QED) is 0.569. The third-order valence-electron chi connectivity index (χ3n) is 4.32. The van der Waals surface area contributed by atoms with Crippen LogP contribution in [0.5, 0.6) is 0 Å². The number of halogens is 3. The van der Waals surface area contributed by atoms with Gasteiger partial charge in [0.05, 0.1) is 11.4 Å². The highest BCUT2D eigenvalue weighted by molar-refractivity contribution is 7.99. The Morgan fingerprint density at radius 1 is 1.21 bits per heavy atom. The van der Waals surface area contributed by atoms with Crippen LogP contribution in [0.4, 0.5) is 14.5 Å². The average molecular weight is 422 g/mol. The zero-order chi connectivity index (χ0) is 19.7. The lowest BCUT2D eigenvalue weighted by molar-refractivity contribution is -0.116. The molecule has 0 unspecified atom stereocenters. The number of fused-ring (bicyclic) bond motifs is 1. The zero-order valence-corrected chi connectivity index (χ0v) is 16.1. The molecule has 5 nitrogen and oxygen atoms in total. The number of amides is 1. The maximum atomic E-state index is 14.2. The number of hydrogen-bond donors (Lipinski definition) is 0. The van der Waals surface area contributed by atoms with E-state index < -0.39 is 11.6 Å². The summed E-state index contributed by atoms with van der Waals surface area (Å²) in [4.78, 5) is 14.0. The number of hydrogen-bond acceptors (Lipinski definition) is 5. The highest BCUT2D eigenvalue weighted by atomic mass is 35.5. The van der Waals surface area contributed by atoms with Gasteiger partial charge in [-0.2, -0.15) is 0 Å². The molecule has 2 heterocycles. The Labute approximate surface area is 168 Å². The lowest BCUT2D eigenvalue weighted by Gasteiger charge is -2.29. The molecule has 0 N–H and O–H groups in total. The fourth-order valence-electron chi connectivity index (χ4n) is 3.08. The SMILES string of the molecule is O=C(CSc1nnc(-c2ccc(Cl)cc2)o1)N1CCCc2cc(F)cc(F)c21. The van der Waals surface area contributed by atoms with E-state index in [0.29, 0.717) is 41.4 Å². The van der Waals surface area contributed by atoms with E-state index in [1.54, 1.807) is 24.3 Å². The molecule has 1 aliphatic heterocycles. The van der Waals surface area contributed by atoms with Crippen LogP contribution in [0.25, 0.3) is 11.5 Å². The van der Waals surface area contributed by atoms with Gasteiger partial charge in [-0.3, -0.25) is 4.79 Å². The molecule has 0 radical (unpaired) electrons. The molecule has 144 valence electrons. The monoisotopic (exact) mass is 421 g/mol. The van der Waals surface area contributed by atoms with Gasteiger partial charge in [0.2, 0.25) is 11.8 Å². The Hall–Kier alpha value is -2.45. The van der Waals surface area contributed by atoms with E-state index in [-0.39, 0.29) is 22.6 Å². The van der Waals surface area contributed by atoms with Crippen molar-refractivity contribution >= 4 is 35.0 Å². The third kappa shape index (κ3) is 3.88. The summed E-state index contributed by atoms with van der Waals surface area (Å²) in [6.45, 7) is 0.384. The Bertz CT molecular complexity index is 1030. The van der Waals surface area contributed by atoms with Crippen molar-refractivity contribution in [2.75, 3.05) is 17.2 Å². The molecule has 1 aromatic heterocycles. The van der Waals surface area contributed by atoms with Crippen LogP contribution in [0.15, 0.2) is 46.0 Å². The summed E-state index contributed by atoms with van der Waals surface area (Å²) in [6, 6.07) is 9.00. The summed E-state index contributed by atoms with van der Waals surface area (Å²) in [5.74, 6) is -1.35. The minimum Gasteiger partial charge on any atom is -0.411 e. The maximum Gasteiger partial charge on any atom is 0.277 e. The fraction of sp³-hybridized carbons (Fsp3) is 0.211. The predicted octanol–water partition coefficient (Wildman–Crippen LogP) is 4.74. The molecule has 1 amide bonds. The third-order valence-corrected chi connectivity index (χ3v) is 5.38. The van der Waals surface area contributed by atoms with E-state index in [2.05, 4.69) is 10.2 Å². The summed E-state index contributed by atoms with van der Waals surface area (Å²) in [6.07, 6.45) is 1.18. The van der Waals surface area contributed by atoms with Crippen molar-refractivity contribution < 1.29 is 18.0 Å². The molecule has 0 bridgehead atoms. The summed E-state index contributed by atoms with van der Waals surface area (Å²) in [7, 11) is 0. The van der Waals surface area contributed by atoms with Crippen LogP contribution < -0.4 is 4.90 Å². The van der Waals surface area contributed by atoms with Crippen molar-refractivity contribution in [3.05, 3.63) is 58.6 Å². The highest BCUT2D eigenvalue weighted by Crippen LogP contribution is 2.32. The van der Waals surface area contributed by atoms with E-state index in [1.165, 1.54) is 11.0 Å². The van der Waals surface area contributed by atoms with Crippen LogP contribution in [0.3, 0.4) is 0 Å². The van der Waals surface area contributed by atoms with E-state index >= 15 is 0 Å². The molecule has 0 saturated heterocycles. The van der Waals surface area contributed by atoms with Gasteiger partial charge in [0.25, 0.3) is 5.22 Å². The van der Waals surface area contributed by atoms with Crippen molar-refractivity contribution in [1.82, 2.24) is 10.2 Å². The first kappa shape index (κ1) is 18.9. The van der Waals surface area contributed by atoms with E-state index in [4.69, 9.17) is 16.0 Å². The minimum atomic E-state index is -0.726. The Morgan fingerprint density at radius 3 is 2.79 bits per heavy atom. The Balaban J connectivity index is 1.45. The number of carbonyl (C=O) groups excluding carboxylic acids is 1. The van der Waals surface area contributed by atoms with Crippen molar-refractivity contribution in [2.45, 2.75) is 18.1 Å². The van der Waals surface area contributed by atoms with E-state index in [9.17, 15) is 13.6 Å². The second-order valence-electron chi connectivity index (χ2n) is 6.21. The molecular formula is C19H14ClF2N3O2S. The number of thioether (sulfide) groups is 1. The largest absolute Gasteiger partial charge is 0.411 e. The minimum absolute atomic E-state index is 0.00148. The van der Waals surface area contributed by atoms with Gasteiger partial charge < -0.3 is 9.32 Å². The second kappa shape index (κ2) is 7.89. The van der Waals surface area contributed by atoms with Crippen molar-refractivity contribution in [2.24, 2.45) is 0 Å². The number of nitrogens with zero attached hydrogens (tertiary/aromatic N) is 3. The van der Waals surface area contributed by atoms with Crippen LogP contribution >= 0.6 is 23.4 Å². The first-order valence-corrected chi connectivity index (χ1v) is 9.88. The van der Waals surface area contributed by atoms with Gasteiger partial charge in [0, 0.05) is 23.2 Å². The Morgan fingerprint density at radius 2 is 2.00 bits per heavy atom. The number of aryl methyl sites for hydroxylation is 1. The van der Waals surface area contributed by atoms with Crippen LogP contribution in [0, 0.1) is 11.6 Å². The maximum absolute atomic E-state index is 14.2. The van der Waals surface area contributed by atoms with Gasteiger partial charge in [-0.05, 0) is 48.7 Å². The highest BCUT2D eigenvalue weighted by Gasteiger charge is 2.27. The molecule has 0 atom stereocenters. The first-order valence-electron chi connectivity index (χ1n) is 8.52. The number of anilines is 1. The molecule has 0 saturated carbocycles. The van der Waals surface area contributed by atoms with Crippen molar-refractivity contribution in [3.8, 4) is 11.5 Å². The van der Waals surface area contributed by atoms with E-state index in [1.807, 2.05) is 0 Å². The first-order chi connectivity index (χ1) is 13.5. The molecular weight excluding hydrogens is 408 g/mol. The molecule has 9 heteroatoms. The normalized spacial score (nSPS) is 13.5. The number of carbonyl (C=O) groups is 1. The molecule has 3 aromatic rings. The van der Waals surface area contributed by atoms with Crippen LogP contribution in [0.1, 0.15) is 12.0 Å². The van der Waals surface area contributed by atoms with Crippen LogP contribution in [0.2, 0.25) is 5.02 Å². The van der Waals surface area contributed by atoms with E-state index in [0.717, 1.165) is 17.8 Å². The number of aromatic nitrogens is 2. The second-order valence-corrected chi connectivity index (χ2v) is 7.58. The number of rotatable bonds is 4. The smallest absolute Gasteiger partial charge is 0.277 e. The van der Waals surface area contributed by atoms with Gasteiger partial charge in [-0.1, -0.05) is 23.4 Å². The average Bonchev–Trinajstić information content (AvgIpc) is 3.15. The summed E-state index contributed by atoms with van der Waals surface area (Å²) >= 11 is 6.93. The predicted molar refractivity (Wildman–Crippen MR) is 103 cm³/mol. The zero-order valence-electron chi connectivity index (χ0n) is 14.5. The molecule has 0 aliphatic carbocycles. The van der Waals surface area contributed by atoms with Crippen LogP contribution in [-0.4, -0.2) is 28.4 Å². The van der Waals surface area contributed by atoms with Gasteiger partial charge in [0.1, 0.15) is 11.6 Å². The van der Waals surface area contributed by atoms with Crippen molar-refractivity contribution in [1.29, 1.82) is 0 Å². The van der Waals surface area contributed by atoms with Crippen LogP contribution in [-0.2, 0) is 11.2 Å². The standard InChI is InChI=1S/C19H14ClF2N3O2S/c20-13-5-3-11(4-6-13)18-23-24-19(27-18)28-10-16(26)25-7-1-2-12-8-14(21)9-15(22)17(12)25/h3-6,8-9H,1-2,7,10H2. The molecule has 0 spiro atoms. The molecule has 4 rings (SSSR count). The molecule has 0 fully saturated rings. The van der Waals surface area contributed by atoms with Gasteiger partial charge in [-0.15, -0.1) is 10.2 Å². The lowest BCUT2D eigenvalue weighted by atomic mass is 10.0. The topological polar surface area (TPSA) is 59.2 Å². The van der Waals surface area contributed by atoms with Gasteiger partial charge >= 0.3 is 0 Å². The number of benzene rings is 2. The van der Waals surface area contributed by atoms with Gasteiger partial charge in [0.15, 0.2) is 0 Å². The van der Waals surface area contributed by atoms with Crippen molar-refractivity contribution in [3.63, 3.8) is 0 Å². The fourth-order valence-corrected chi connectivity index (χ4v) is 3.84. The lowest BCUT2D eigenvalue weighted by Crippen LogP contribution is -2.37. The molecule has 2 aromatic carbocycles. The molecule has 1 aliphatic rings. The summed E-state index contributed by atoms with van der Waals surface area (Å²) < 4.78 is 33.2.